The Labute approximate surface area is 149 Å². The van der Waals surface area contributed by atoms with Gasteiger partial charge in [0.05, 0.1) is 11.0 Å². The Balaban J connectivity index is 1.85. The Kier molecular flexibility index (Phi) is 3.93. The van der Waals surface area contributed by atoms with E-state index in [-0.39, 0.29) is 18.4 Å². The molecule has 2 aromatic carbocycles. The Morgan fingerprint density at radius 1 is 1.27 bits per heavy atom. The molecule has 7 heteroatoms. The van der Waals surface area contributed by atoms with Crippen molar-refractivity contribution in [2.45, 2.75) is 19.4 Å². The van der Waals surface area contributed by atoms with E-state index < -0.39 is 0 Å². The summed E-state index contributed by atoms with van der Waals surface area (Å²) < 4.78 is 1.87. The maximum absolute atomic E-state index is 11.8. The fourth-order valence-electron chi connectivity index (χ4n) is 3.32. The van der Waals surface area contributed by atoms with E-state index in [0.29, 0.717) is 29.7 Å². The third kappa shape index (κ3) is 2.62. The average Bonchev–Trinajstić information content (AvgIpc) is 3.04. The minimum absolute atomic E-state index is 0.0242. The van der Waals surface area contributed by atoms with E-state index in [1.54, 1.807) is 19.2 Å². The van der Waals surface area contributed by atoms with Crippen molar-refractivity contribution in [3.63, 3.8) is 0 Å². The predicted molar refractivity (Wildman–Crippen MR) is 97.3 cm³/mol. The smallest absolute Gasteiger partial charge is 0.251 e. The van der Waals surface area contributed by atoms with Gasteiger partial charge in [0.15, 0.2) is 0 Å². The van der Waals surface area contributed by atoms with Gasteiger partial charge in [0.1, 0.15) is 12.4 Å². The summed E-state index contributed by atoms with van der Waals surface area (Å²) in [5.41, 5.74) is 4.70. The number of imidazole rings is 1. The lowest BCUT2D eigenvalue weighted by Gasteiger charge is -2.18. The van der Waals surface area contributed by atoms with Gasteiger partial charge in [0, 0.05) is 30.4 Å². The van der Waals surface area contributed by atoms with Gasteiger partial charge in [-0.05, 0) is 48.4 Å². The fraction of sp³-hybridized carbons (Fsp3) is 0.211. The van der Waals surface area contributed by atoms with Crippen LogP contribution in [0, 0.1) is 0 Å². The highest BCUT2D eigenvalue weighted by atomic mass is 16.3. The number of anilines is 1. The van der Waals surface area contributed by atoms with E-state index in [1.807, 2.05) is 28.8 Å². The second-order valence-corrected chi connectivity index (χ2v) is 6.19. The summed E-state index contributed by atoms with van der Waals surface area (Å²) in [4.78, 5) is 27.9. The van der Waals surface area contributed by atoms with Crippen molar-refractivity contribution >= 4 is 28.5 Å². The van der Waals surface area contributed by atoms with Crippen LogP contribution in [0.3, 0.4) is 0 Å². The van der Waals surface area contributed by atoms with Gasteiger partial charge in [-0.1, -0.05) is 0 Å². The van der Waals surface area contributed by atoms with Crippen LogP contribution in [0.1, 0.15) is 28.2 Å². The van der Waals surface area contributed by atoms with Crippen molar-refractivity contribution in [2.75, 3.05) is 12.4 Å². The number of benzene rings is 2. The lowest BCUT2D eigenvalue weighted by atomic mass is 10.0. The third-order valence-electron chi connectivity index (χ3n) is 4.60. The number of nitrogens with zero attached hydrogens (tertiary/aromatic N) is 2. The average molecular weight is 350 g/mol. The molecule has 0 unspecified atom stereocenters. The molecule has 0 saturated heterocycles. The number of rotatable bonds is 3. The third-order valence-corrected chi connectivity index (χ3v) is 4.60. The molecule has 26 heavy (non-hydrogen) atoms. The van der Waals surface area contributed by atoms with Gasteiger partial charge in [-0.2, -0.15) is 0 Å². The van der Waals surface area contributed by atoms with Crippen LogP contribution in [-0.2, 0) is 17.8 Å². The van der Waals surface area contributed by atoms with Crippen molar-refractivity contribution < 1.29 is 14.7 Å². The number of hydrogen-bond donors (Lipinski definition) is 3. The summed E-state index contributed by atoms with van der Waals surface area (Å²) in [7, 11) is 1.58. The molecular formula is C19H18N4O3. The number of fused-ring (bicyclic) bond motifs is 2. The minimum atomic E-state index is -0.224. The summed E-state index contributed by atoms with van der Waals surface area (Å²) >= 11 is 0. The number of aromatic nitrogens is 2. The molecule has 0 bridgehead atoms. The molecule has 0 radical (unpaired) electrons. The monoisotopic (exact) mass is 350 g/mol. The molecule has 0 saturated carbocycles. The highest BCUT2D eigenvalue weighted by Crippen LogP contribution is 2.28. The van der Waals surface area contributed by atoms with Crippen molar-refractivity contribution in [3.8, 4) is 5.69 Å². The normalized spacial score (nSPS) is 13.4. The molecular weight excluding hydrogens is 332 g/mol. The maximum atomic E-state index is 11.8. The molecule has 0 fully saturated rings. The number of aliphatic hydroxyl groups excluding tert-OH is 1. The molecule has 4 rings (SSSR count). The largest absolute Gasteiger partial charge is 0.388 e. The number of aryl methyl sites for hydroxylation is 1. The lowest BCUT2D eigenvalue weighted by molar-refractivity contribution is -0.116. The Hall–Kier alpha value is -3.19. The summed E-state index contributed by atoms with van der Waals surface area (Å²) in [6.45, 7) is -0.224. The molecule has 132 valence electrons. The van der Waals surface area contributed by atoms with E-state index in [4.69, 9.17) is 0 Å². The maximum Gasteiger partial charge on any atom is 0.251 e. The van der Waals surface area contributed by atoms with Gasteiger partial charge in [0.25, 0.3) is 5.91 Å². The van der Waals surface area contributed by atoms with Gasteiger partial charge in [-0.15, -0.1) is 0 Å². The summed E-state index contributed by atoms with van der Waals surface area (Å²) in [6.07, 6.45) is 1.14. The quantitative estimate of drug-likeness (QED) is 0.671. The zero-order valence-electron chi connectivity index (χ0n) is 14.2. The Morgan fingerprint density at radius 3 is 2.88 bits per heavy atom. The summed E-state index contributed by atoms with van der Waals surface area (Å²) in [5.74, 6) is 0.335. The van der Waals surface area contributed by atoms with Crippen LogP contribution < -0.4 is 10.6 Å². The van der Waals surface area contributed by atoms with E-state index >= 15 is 0 Å². The van der Waals surface area contributed by atoms with Crippen LogP contribution in [0.5, 0.6) is 0 Å². The highest BCUT2D eigenvalue weighted by molar-refractivity contribution is 5.97. The first kappa shape index (κ1) is 16.3. The first-order chi connectivity index (χ1) is 12.6. The topological polar surface area (TPSA) is 96.2 Å². The van der Waals surface area contributed by atoms with Gasteiger partial charge in [-0.25, -0.2) is 4.98 Å². The van der Waals surface area contributed by atoms with E-state index in [2.05, 4.69) is 15.6 Å². The number of carbonyl (C=O) groups is 2. The number of aliphatic hydroxyl groups is 1. The van der Waals surface area contributed by atoms with Crippen molar-refractivity contribution in [2.24, 2.45) is 0 Å². The molecule has 0 atom stereocenters. The van der Waals surface area contributed by atoms with E-state index in [0.717, 1.165) is 22.5 Å². The number of amides is 2. The van der Waals surface area contributed by atoms with Crippen molar-refractivity contribution in [1.29, 1.82) is 0 Å². The second-order valence-electron chi connectivity index (χ2n) is 6.19. The molecule has 3 aromatic rings. The summed E-state index contributed by atoms with van der Waals surface area (Å²) in [5, 5.41) is 15.2. The number of hydrogen-bond acceptors (Lipinski definition) is 4. The Bertz CT molecular complexity index is 1040. The van der Waals surface area contributed by atoms with Gasteiger partial charge in [-0.3, -0.25) is 14.2 Å². The van der Waals surface area contributed by atoms with Crippen LogP contribution in [0.2, 0.25) is 0 Å². The van der Waals surface area contributed by atoms with Crippen LogP contribution in [0.4, 0.5) is 5.69 Å². The predicted octanol–water partition coefficient (Wildman–Crippen LogP) is 1.76. The molecule has 1 aromatic heterocycles. The SMILES string of the molecule is CNC(=O)c1ccc2c(c1)nc(CO)n2-c1ccc2c(c1)CCC(=O)N2. The van der Waals surface area contributed by atoms with Crippen LogP contribution in [0.25, 0.3) is 16.7 Å². The van der Waals surface area contributed by atoms with Crippen molar-refractivity contribution in [1.82, 2.24) is 14.9 Å². The molecule has 1 aliphatic rings. The molecule has 0 spiro atoms. The van der Waals surface area contributed by atoms with Crippen LogP contribution in [0.15, 0.2) is 36.4 Å². The molecule has 0 aliphatic carbocycles. The molecule has 7 nitrogen and oxygen atoms in total. The number of carbonyl (C=O) groups excluding carboxylic acids is 2. The first-order valence-corrected chi connectivity index (χ1v) is 8.38. The van der Waals surface area contributed by atoms with E-state index in [1.165, 1.54) is 0 Å². The van der Waals surface area contributed by atoms with Gasteiger partial charge in [0.2, 0.25) is 5.91 Å². The molecule has 2 heterocycles. The zero-order chi connectivity index (χ0) is 18.3. The lowest BCUT2D eigenvalue weighted by Crippen LogP contribution is -2.19. The van der Waals surface area contributed by atoms with Crippen LogP contribution >= 0.6 is 0 Å². The standard InChI is InChI=1S/C19H18N4O3/c1-20-19(26)12-2-6-16-15(9-12)21-17(10-24)23(16)13-4-5-14-11(8-13)3-7-18(25)22-14/h2,4-6,8-9,24H,3,7,10H2,1H3,(H,20,26)(H,22,25). The highest BCUT2D eigenvalue weighted by Gasteiger charge is 2.18. The second kappa shape index (κ2) is 6.27. The molecule has 1 aliphatic heterocycles. The van der Waals surface area contributed by atoms with Gasteiger partial charge < -0.3 is 15.7 Å². The first-order valence-electron chi connectivity index (χ1n) is 8.38. The molecule has 2 amide bonds. The van der Waals surface area contributed by atoms with Crippen LogP contribution in [-0.4, -0.2) is 33.5 Å². The van der Waals surface area contributed by atoms with E-state index in [9.17, 15) is 14.7 Å². The van der Waals surface area contributed by atoms with Crippen molar-refractivity contribution in [3.05, 3.63) is 53.3 Å². The molecule has 3 N–H and O–H groups in total. The fourth-order valence-corrected chi connectivity index (χ4v) is 3.32. The number of nitrogens with one attached hydrogen (secondary N) is 2. The van der Waals surface area contributed by atoms with Gasteiger partial charge >= 0.3 is 0 Å². The Morgan fingerprint density at radius 2 is 2.12 bits per heavy atom. The summed E-state index contributed by atoms with van der Waals surface area (Å²) in [6, 6.07) is 11.0. The minimum Gasteiger partial charge on any atom is -0.388 e. The zero-order valence-corrected chi connectivity index (χ0v) is 14.2.